The smallest absolute Gasteiger partial charge is 0.243 e. The number of rotatable bonds is 9. The summed E-state index contributed by atoms with van der Waals surface area (Å²) in [5, 5.41) is 2.75. The Kier molecular flexibility index (Phi) is 7.59. The van der Waals surface area contributed by atoms with Crippen LogP contribution in [-0.2, 0) is 16.0 Å². The fourth-order valence-corrected chi connectivity index (χ4v) is 1.80. The molecule has 0 heterocycles. The van der Waals surface area contributed by atoms with Crippen LogP contribution in [0.15, 0.2) is 43.0 Å². The van der Waals surface area contributed by atoms with Crippen LogP contribution in [0.25, 0.3) is 0 Å². The first-order valence-electron chi connectivity index (χ1n) is 6.78. The zero-order valence-electron chi connectivity index (χ0n) is 11.6. The molecule has 19 heavy (non-hydrogen) atoms. The highest BCUT2D eigenvalue weighted by Gasteiger charge is 2.03. The van der Waals surface area contributed by atoms with E-state index in [4.69, 9.17) is 4.74 Å². The van der Waals surface area contributed by atoms with E-state index in [9.17, 15) is 4.79 Å². The van der Waals surface area contributed by atoms with Crippen molar-refractivity contribution in [1.82, 2.24) is 5.32 Å². The lowest BCUT2D eigenvalue weighted by molar-refractivity contribution is -0.116. The largest absolute Gasteiger partial charge is 0.378 e. The van der Waals surface area contributed by atoms with Gasteiger partial charge in [0.05, 0.1) is 6.10 Å². The summed E-state index contributed by atoms with van der Waals surface area (Å²) in [6.45, 7) is 6.91. The molecular formula is C16H23NO2. The Labute approximate surface area is 115 Å². The van der Waals surface area contributed by atoms with Crippen LogP contribution in [0.1, 0.15) is 25.3 Å². The summed E-state index contributed by atoms with van der Waals surface area (Å²) in [5.74, 6) is -0.113. The number of hydrogen-bond acceptors (Lipinski definition) is 2. The molecule has 3 nitrogen and oxygen atoms in total. The predicted octanol–water partition coefficient (Wildman–Crippen LogP) is 2.72. The van der Waals surface area contributed by atoms with E-state index in [2.05, 4.69) is 31.0 Å². The van der Waals surface area contributed by atoms with Crippen LogP contribution in [0, 0.1) is 0 Å². The molecule has 0 saturated heterocycles. The highest BCUT2D eigenvalue weighted by molar-refractivity contribution is 5.86. The van der Waals surface area contributed by atoms with E-state index >= 15 is 0 Å². The van der Waals surface area contributed by atoms with Crippen molar-refractivity contribution in [3.8, 4) is 0 Å². The summed E-state index contributed by atoms with van der Waals surface area (Å²) >= 11 is 0. The van der Waals surface area contributed by atoms with Gasteiger partial charge in [0, 0.05) is 13.2 Å². The second-order valence-corrected chi connectivity index (χ2v) is 4.57. The average Bonchev–Trinajstić information content (AvgIpc) is 2.43. The van der Waals surface area contributed by atoms with Crippen LogP contribution in [-0.4, -0.2) is 25.2 Å². The van der Waals surface area contributed by atoms with Crippen LogP contribution in [0.3, 0.4) is 0 Å². The molecule has 104 valence electrons. The Hall–Kier alpha value is -1.61. The van der Waals surface area contributed by atoms with Crippen LogP contribution < -0.4 is 5.32 Å². The molecule has 1 N–H and O–H groups in total. The Balaban J connectivity index is 2.03. The second-order valence-electron chi connectivity index (χ2n) is 4.57. The molecule has 0 aliphatic heterocycles. The zero-order chi connectivity index (χ0) is 13.9. The van der Waals surface area contributed by atoms with E-state index in [0.29, 0.717) is 6.54 Å². The van der Waals surface area contributed by atoms with Crippen LogP contribution in [0.4, 0.5) is 0 Å². The Morgan fingerprint density at radius 2 is 2.11 bits per heavy atom. The van der Waals surface area contributed by atoms with Gasteiger partial charge in [-0.05, 0) is 37.8 Å². The lowest BCUT2D eigenvalue weighted by Gasteiger charge is -2.13. The molecule has 1 rings (SSSR count). The molecule has 3 heteroatoms. The van der Waals surface area contributed by atoms with Gasteiger partial charge in [-0.25, -0.2) is 0 Å². The van der Waals surface area contributed by atoms with Crippen LogP contribution >= 0.6 is 0 Å². The summed E-state index contributed by atoms with van der Waals surface area (Å²) in [6.07, 6.45) is 4.34. The molecule has 0 radical (unpaired) electrons. The number of amides is 1. The molecule has 0 bridgehead atoms. The minimum absolute atomic E-state index is 0.113. The maximum atomic E-state index is 10.9. The van der Waals surface area contributed by atoms with Gasteiger partial charge in [-0.1, -0.05) is 36.9 Å². The fourth-order valence-electron chi connectivity index (χ4n) is 1.80. The summed E-state index contributed by atoms with van der Waals surface area (Å²) in [4.78, 5) is 10.9. The van der Waals surface area contributed by atoms with Crippen molar-refractivity contribution in [2.45, 2.75) is 32.3 Å². The number of unbranched alkanes of at least 4 members (excludes halogenated alkanes) is 1. The molecule has 0 aliphatic rings. The lowest BCUT2D eigenvalue weighted by atomic mass is 10.1. The molecule has 1 aromatic carbocycles. The first kappa shape index (κ1) is 15.4. The normalized spacial score (nSPS) is 11.8. The van der Waals surface area contributed by atoms with Crippen molar-refractivity contribution >= 4 is 5.91 Å². The minimum atomic E-state index is -0.113. The number of carbonyl (C=O) groups excluding carboxylic acids is 1. The molecule has 0 saturated carbocycles. The van der Waals surface area contributed by atoms with Crippen molar-refractivity contribution in [3.05, 3.63) is 48.6 Å². The Morgan fingerprint density at radius 3 is 2.79 bits per heavy atom. The van der Waals surface area contributed by atoms with E-state index in [0.717, 1.165) is 25.9 Å². The topological polar surface area (TPSA) is 38.3 Å². The third-order valence-electron chi connectivity index (χ3n) is 2.82. The van der Waals surface area contributed by atoms with E-state index in [1.165, 1.54) is 11.6 Å². The quantitative estimate of drug-likeness (QED) is 0.548. The molecule has 1 unspecified atom stereocenters. The van der Waals surface area contributed by atoms with Crippen molar-refractivity contribution in [2.75, 3.05) is 13.2 Å². The van der Waals surface area contributed by atoms with Gasteiger partial charge in [0.15, 0.2) is 0 Å². The van der Waals surface area contributed by atoms with Gasteiger partial charge < -0.3 is 10.1 Å². The summed E-state index contributed by atoms with van der Waals surface area (Å²) in [5.41, 5.74) is 1.30. The van der Waals surface area contributed by atoms with E-state index in [1.807, 2.05) is 18.2 Å². The van der Waals surface area contributed by atoms with Crippen molar-refractivity contribution < 1.29 is 9.53 Å². The van der Waals surface area contributed by atoms with Gasteiger partial charge in [0.1, 0.15) is 0 Å². The van der Waals surface area contributed by atoms with Gasteiger partial charge in [0.2, 0.25) is 5.91 Å². The number of nitrogens with one attached hydrogen (secondary N) is 1. The second kappa shape index (κ2) is 9.34. The lowest BCUT2D eigenvalue weighted by Crippen LogP contribution is -2.22. The maximum absolute atomic E-state index is 10.9. The molecule has 1 atom stereocenters. The zero-order valence-corrected chi connectivity index (χ0v) is 11.6. The average molecular weight is 261 g/mol. The minimum Gasteiger partial charge on any atom is -0.378 e. The monoisotopic (exact) mass is 261 g/mol. The molecule has 0 spiro atoms. The number of ether oxygens (including phenoxy) is 1. The third-order valence-corrected chi connectivity index (χ3v) is 2.82. The summed E-state index contributed by atoms with van der Waals surface area (Å²) in [7, 11) is 0. The standard InChI is InChI=1S/C16H23NO2/c1-3-16(18)17-11-7-8-12-19-14(2)13-15-9-5-4-6-10-15/h3-6,9-10,14H,1,7-8,11-13H2,2H3,(H,17,18). The van der Waals surface area contributed by atoms with Crippen molar-refractivity contribution in [2.24, 2.45) is 0 Å². The van der Waals surface area contributed by atoms with Gasteiger partial charge in [-0.15, -0.1) is 0 Å². The highest BCUT2D eigenvalue weighted by atomic mass is 16.5. The maximum Gasteiger partial charge on any atom is 0.243 e. The molecule has 0 fully saturated rings. The number of carbonyl (C=O) groups is 1. The molecule has 1 aromatic rings. The van der Waals surface area contributed by atoms with E-state index in [-0.39, 0.29) is 12.0 Å². The first-order valence-corrected chi connectivity index (χ1v) is 6.78. The van der Waals surface area contributed by atoms with Crippen LogP contribution in [0.2, 0.25) is 0 Å². The molecule has 1 amide bonds. The van der Waals surface area contributed by atoms with Gasteiger partial charge in [0.25, 0.3) is 0 Å². The molecule has 0 aromatic heterocycles. The van der Waals surface area contributed by atoms with Crippen LogP contribution in [0.5, 0.6) is 0 Å². The molecule has 0 aliphatic carbocycles. The van der Waals surface area contributed by atoms with Gasteiger partial charge in [-0.3, -0.25) is 4.79 Å². The van der Waals surface area contributed by atoms with Gasteiger partial charge in [-0.2, -0.15) is 0 Å². The van der Waals surface area contributed by atoms with E-state index < -0.39 is 0 Å². The SMILES string of the molecule is C=CC(=O)NCCCCOC(C)Cc1ccccc1. The van der Waals surface area contributed by atoms with Gasteiger partial charge >= 0.3 is 0 Å². The Bertz CT molecular complexity index is 376. The summed E-state index contributed by atoms with van der Waals surface area (Å²) < 4.78 is 5.75. The Morgan fingerprint density at radius 1 is 1.37 bits per heavy atom. The third kappa shape index (κ3) is 7.42. The number of hydrogen-bond donors (Lipinski definition) is 1. The molecular weight excluding hydrogens is 238 g/mol. The highest BCUT2D eigenvalue weighted by Crippen LogP contribution is 2.06. The van der Waals surface area contributed by atoms with Crippen molar-refractivity contribution in [3.63, 3.8) is 0 Å². The fraction of sp³-hybridized carbons (Fsp3) is 0.438. The first-order chi connectivity index (χ1) is 9.22. The predicted molar refractivity (Wildman–Crippen MR) is 78.0 cm³/mol. The van der Waals surface area contributed by atoms with Crippen molar-refractivity contribution in [1.29, 1.82) is 0 Å². The summed E-state index contributed by atoms with van der Waals surface area (Å²) in [6, 6.07) is 10.3. The number of benzene rings is 1. The van der Waals surface area contributed by atoms with E-state index in [1.54, 1.807) is 0 Å².